The lowest BCUT2D eigenvalue weighted by atomic mass is 10.0. The molecule has 14 heavy (non-hydrogen) atoms. The van der Waals surface area contributed by atoms with E-state index in [2.05, 4.69) is 32.9 Å². The third-order valence-corrected chi connectivity index (χ3v) is 3.35. The van der Waals surface area contributed by atoms with Crippen molar-refractivity contribution in [1.82, 2.24) is 0 Å². The molecule has 1 nitrogen and oxygen atoms in total. The number of hydrogen-bond donors (Lipinski definition) is 0. The van der Waals surface area contributed by atoms with Gasteiger partial charge in [0.15, 0.2) is 0 Å². The van der Waals surface area contributed by atoms with Crippen LogP contribution < -0.4 is 4.74 Å². The molecule has 78 valence electrons. The topological polar surface area (TPSA) is 9.23 Å². The van der Waals surface area contributed by atoms with Crippen LogP contribution in [0, 0.1) is 5.41 Å². The first kappa shape index (κ1) is 11.4. The van der Waals surface area contributed by atoms with Crippen LogP contribution in [0.3, 0.4) is 0 Å². The summed E-state index contributed by atoms with van der Waals surface area (Å²) < 4.78 is 5.11. The Labute approximate surface area is 90.9 Å². The van der Waals surface area contributed by atoms with Crippen LogP contribution in [-0.2, 0) is 0 Å². The van der Waals surface area contributed by atoms with Crippen molar-refractivity contribution < 1.29 is 4.74 Å². The minimum absolute atomic E-state index is 0.380. The SMILES string of the molecule is COc1ccc(SCC(C)(C)C)cc1. The van der Waals surface area contributed by atoms with E-state index in [9.17, 15) is 0 Å². The summed E-state index contributed by atoms with van der Waals surface area (Å²) in [6.45, 7) is 6.76. The molecule has 1 aromatic rings. The zero-order chi connectivity index (χ0) is 10.6. The van der Waals surface area contributed by atoms with Crippen molar-refractivity contribution in [2.75, 3.05) is 12.9 Å². The summed E-state index contributed by atoms with van der Waals surface area (Å²) >= 11 is 1.89. The molecule has 0 aromatic heterocycles. The molecule has 0 aliphatic rings. The number of hydrogen-bond acceptors (Lipinski definition) is 2. The largest absolute Gasteiger partial charge is 0.497 e. The van der Waals surface area contributed by atoms with Crippen molar-refractivity contribution in [3.05, 3.63) is 24.3 Å². The van der Waals surface area contributed by atoms with Crippen molar-refractivity contribution in [2.45, 2.75) is 25.7 Å². The first-order valence-electron chi connectivity index (χ1n) is 4.78. The van der Waals surface area contributed by atoms with Crippen LogP contribution in [-0.4, -0.2) is 12.9 Å². The van der Waals surface area contributed by atoms with Gasteiger partial charge in [-0.25, -0.2) is 0 Å². The predicted molar refractivity (Wildman–Crippen MR) is 63.2 cm³/mol. The Morgan fingerprint density at radius 1 is 1.14 bits per heavy atom. The fourth-order valence-electron chi connectivity index (χ4n) is 0.972. The highest BCUT2D eigenvalue weighted by Crippen LogP contribution is 2.27. The van der Waals surface area contributed by atoms with Gasteiger partial charge in [-0.15, -0.1) is 11.8 Å². The highest BCUT2D eigenvalue weighted by atomic mass is 32.2. The Balaban J connectivity index is 2.52. The van der Waals surface area contributed by atoms with E-state index < -0.39 is 0 Å². The van der Waals surface area contributed by atoms with E-state index in [1.165, 1.54) is 4.90 Å². The summed E-state index contributed by atoms with van der Waals surface area (Å²) in [6.07, 6.45) is 0. The molecule has 1 aromatic carbocycles. The van der Waals surface area contributed by atoms with Crippen molar-refractivity contribution >= 4 is 11.8 Å². The molecule has 1 rings (SSSR count). The maximum atomic E-state index is 5.11. The first-order valence-corrected chi connectivity index (χ1v) is 5.77. The summed E-state index contributed by atoms with van der Waals surface area (Å²) in [6, 6.07) is 8.22. The molecule has 2 heteroatoms. The Morgan fingerprint density at radius 3 is 2.14 bits per heavy atom. The lowest BCUT2D eigenvalue weighted by molar-refractivity contribution is 0.414. The third kappa shape index (κ3) is 4.05. The number of benzene rings is 1. The fraction of sp³-hybridized carbons (Fsp3) is 0.500. The molecule has 0 atom stereocenters. The van der Waals surface area contributed by atoms with Crippen LogP contribution in [0.1, 0.15) is 20.8 Å². The fourth-order valence-corrected chi connectivity index (χ4v) is 1.90. The van der Waals surface area contributed by atoms with Gasteiger partial charge >= 0.3 is 0 Å². The maximum absolute atomic E-state index is 5.11. The van der Waals surface area contributed by atoms with Gasteiger partial charge in [0.05, 0.1) is 7.11 Å². The number of ether oxygens (including phenoxy) is 1. The van der Waals surface area contributed by atoms with Crippen molar-refractivity contribution in [1.29, 1.82) is 0 Å². The van der Waals surface area contributed by atoms with Gasteiger partial charge in [0, 0.05) is 10.6 Å². The van der Waals surface area contributed by atoms with Crippen LogP contribution >= 0.6 is 11.8 Å². The normalized spacial score (nSPS) is 11.4. The minimum atomic E-state index is 0.380. The van der Waals surface area contributed by atoms with Crippen molar-refractivity contribution in [3.63, 3.8) is 0 Å². The average molecular weight is 210 g/mol. The molecule has 0 aliphatic carbocycles. The monoisotopic (exact) mass is 210 g/mol. The average Bonchev–Trinajstić information content (AvgIpc) is 2.14. The lowest BCUT2D eigenvalue weighted by Gasteiger charge is -2.17. The molecule has 0 heterocycles. The number of rotatable bonds is 3. The van der Waals surface area contributed by atoms with Gasteiger partial charge in [-0.05, 0) is 29.7 Å². The Kier molecular flexibility index (Phi) is 3.87. The van der Waals surface area contributed by atoms with E-state index >= 15 is 0 Å². The van der Waals surface area contributed by atoms with E-state index in [4.69, 9.17) is 4.74 Å². The Bertz CT molecular complexity index is 271. The lowest BCUT2D eigenvalue weighted by Crippen LogP contribution is -2.07. The molecule has 0 saturated heterocycles. The van der Waals surface area contributed by atoms with E-state index in [-0.39, 0.29) is 0 Å². The molecule has 0 N–H and O–H groups in total. The van der Waals surface area contributed by atoms with Crippen molar-refractivity contribution in [3.8, 4) is 5.75 Å². The van der Waals surface area contributed by atoms with Gasteiger partial charge in [-0.3, -0.25) is 0 Å². The van der Waals surface area contributed by atoms with Gasteiger partial charge in [-0.1, -0.05) is 20.8 Å². The number of methoxy groups -OCH3 is 1. The summed E-state index contributed by atoms with van der Waals surface area (Å²) in [5.74, 6) is 2.06. The summed E-state index contributed by atoms with van der Waals surface area (Å²) in [5, 5.41) is 0. The van der Waals surface area contributed by atoms with E-state index in [0.717, 1.165) is 11.5 Å². The van der Waals surface area contributed by atoms with E-state index in [1.54, 1.807) is 7.11 Å². The van der Waals surface area contributed by atoms with Gasteiger partial charge in [0.1, 0.15) is 5.75 Å². The summed E-state index contributed by atoms with van der Waals surface area (Å²) in [5.41, 5.74) is 0.380. The molecule has 0 aliphatic heterocycles. The van der Waals surface area contributed by atoms with Crippen LogP contribution in [0.4, 0.5) is 0 Å². The zero-order valence-corrected chi connectivity index (χ0v) is 10.1. The smallest absolute Gasteiger partial charge is 0.118 e. The summed E-state index contributed by atoms with van der Waals surface area (Å²) in [7, 11) is 1.69. The standard InChI is InChI=1S/C12H18OS/c1-12(2,3)9-14-11-7-5-10(13-4)6-8-11/h5-8H,9H2,1-4H3. The van der Waals surface area contributed by atoms with E-state index in [1.807, 2.05) is 23.9 Å². The van der Waals surface area contributed by atoms with E-state index in [0.29, 0.717) is 5.41 Å². The second-order valence-corrected chi connectivity index (χ2v) is 5.57. The van der Waals surface area contributed by atoms with Gasteiger partial charge < -0.3 is 4.74 Å². The maximum Gasteiger partial charge on any atom is 0.118 e. The minimum Gasteiger partial charge on any atom is -0.497 e. The molecule has 0 bridgehead atoms. The highest BCUT2D eigenvalue weighted by molar-refractivity contribution is 7.99. The van der Waals surface area contributed by atoms with Gasteiger partial charge in [0.2, 0.25) is 0 Å². The van der Waals surface area contributed by atoms with Crippen molar-refractivity contribution in [2.24, 2.45) is 5.41 Å². The molecule has 0 radical (unpaired) electrons. The quantitative estimate of drug-likeness (QED) is 0.701. The molecular formula is C12H18OS. The second kappa shape index (κ2) is 4.74. The summed E-state index contributed by atoms with van der Waals surface area (Å²) in [4.78, 5) is 1.31. The molecule has 0 spiro atoms. The van der Waals surface area contributed by atoms with Gasteiger partial charge in [-0.2, -0.15) is 0 Å². The second-order valence-electron chi connectivity index (χ2n) is 4.52. The van der Waals surface area contributed by atoms with Gasteiger partial charge in [0.25, 0.3) is 0 Å². The van der Waals surface area contributed by atoms with Crippen LogP contribution in [0.2, 0.25) is 0 Å². The Morgan fingerprint density at radius 2 is 1.71 bits per heavy atom. The molecule has 0 amide bonds. The number of thioether (sulfide) groups is 1. The Hall–Kier alpha value is -0.630. The highest BCUT2D eigenvalue weighted by Gasteiger charge is 2.10. The first-order chi connectivity index (χ1) is 6.51. The third-order valence-electron chi connectivity index (χ3n) is 1.73. The van der Waals surface area contributed by atoms with Crippen LogP contribution in [0.5, 0.6) is 5.75 Å². The zero-order valence-electron chi connectivity index (χ0n) is 9.33. The molecule has 0 fully saturated rings. The molecule has 0 unspecified atom stereocenters. The molecule has 0 saturated carbocycles. The van der Waals surface area contributed by atoms with Crippen LogP contribution in [0.25, 0.3) is 0 Å². The molecular weight excluding hydrogens is 192 g/mol. The van der Waals surface area contributed by atoms with Crippen LogP contribution in [0.15, 0.2) is 29.2 Å². The predicted octanol–water partition coefficient (Wildman–Crippen LogP) is 3.83.